The van der Waals surface area contributed by atoms with E-state index in [4.69, 9.17) is 19.0 Å². The van der Waals surface area contributed by atoms with Crippen molar-refractivity contribution < 1.29 is 8.23 Å². The van der Waals surface area contributed by atoms with Gasteiger partial charge in [-0.3, -0.25) is 0 Å². The first-order chi connectivity index (χ1) is 10.6. The number of hydrogen-bond acceptors (Lipinski definition) is 4. The first kappa shape index (κ1) is 18.3. The fourth-order valence-corrected chi connectivity index (χ4v) is 12.4. The zero-order chi connectivity index (χ0) is 17.1. The van der Waals surface area contributed by atoms with Crippen LogP contribution < -0.4 is 21.2 Å². The van der Waals surface area contributed by atoms with Gasteiger partial charge in [0.25, 0.3) is 17.0 Å². The minimum absolute atomic E-state index is 1.04. The fourth-order valence-electron chi connectivity index (χ4n) is 2.48. The lowest BCUT2D eigenvalue weighted by molar-refractivity contribution is 0.408. The highest BCUT2D eigenvalue weighted by atomic mass is 28.5. The minimum atomic E-state index is -2.95. The van der Waals surface area contributed by atoms with E-state index in [2.05, 4.69) is 24.3 Å². The largest absolute Gasteiger partial charge is 0.417 e. The summed E-state index contributed by atoms with van der Waals surface area (Å²) in [7, 11) is -7.65. The van der Waals surface area contributed by atoms with Gasteiger partial charge in [0.15, 0.2) is 0 Å². The lowest BCUT2D eigenvalue weighted by Gasteiger charge is -2.40. The van der Waals surface area contributed by atoms with Gasteiger partial charge in [0, 0.05) is 0 Å². The molecule has 0 bridgehead atoms. The maximum Gasteiger partial charge on any atom is 0.388 e. The maximum atomic E-state index is 6.56. The van der Waals surface area contributed by atoms with Crippen LogP contribution in [0.2, 0.25) is 26.2 Å². The summed E-state index contributed by atoms with van der Waals surface area (Å²) < 4.78 is 13.1. The van der Waals surface area contributed by atoms with E-state index in [1.807, 2.05) is 62.6 Å². The van der Waals surface area contributed by atoms with Gasteiger partial charge in [-0.1, -0.05) is 60.7 Å². The van der Waals surface area contributed by atoms with Crippen LogP contribution in [0.5, 0.6) is 0 Å². The molecule has 23 heavy (non-hydrogen) atoms. The smallest absolute Gasteiger partial charge is 0.388 e. The van der Waals surface area contributed by atoms with Crippen molar-refractivity contribution in [3.05, 3.63) is 60.7 Å². The Morgan fingerprint density at radius 3 is 1.17 bits per heavy atom. The normalized spacial score (nSPS) is 13.1. The van der Waals surface area contributed by atoms with E-state index in [0.29, 0.717) is 0 Å². The summed E-state index contributed by atoms with van der Waals surface area (Å²) in [6.07, 6.45) is 0. The van der Waals surface area contributed by atoms with Gasteiger partial charge in [0.05, 0.1) is 0 Å². The second-order valence-corrected chi connectivity index (χ2v) is 17.2. The van der Waals surface area contributed by atoms with Gasteiger partial charge in [-0.05, 0) is 36.6 Å². The standard InChI is InChI=1S/C16H26N2O2Si3/c1-21(2,17)19-23(20-22(3,4)18,15-11-7-5-8-12-15)16-13-9-6-10-14-16/h5-14H,17-18H2,1-4H3. The molecule has 2 aromatic carbocycles. The van der Waals surface area contributed by atoms with Crippen molar-refractivity contribution in [2.75, 3.05) is 0 Å². The molecule has 124 valence electrons. The highest BCUT2D eigenvalue weighted by molar-refractivity contribution is 7.01. The molecule has 0 aromatic heterocycles. The molecule has 7 heteroatoms. The SMILES string of the molecule is C[Si](C)(N)O[Si](O[Si](C)(C)N)(c1ccccc1)c1ccccc1. The molecule has 0 aliphatic carbocycles. The summed E-state index contributed by atoms with van der Waals surface area (Å²) >= 11 is 0. The third kappa shape index (κ3) is 4.95. The quantitative estimate of drug-likeness (QED) is 0.766. The van der Waals surface area contributed by atoms with Crippen LogP contribution in [-0.2, 0) is 8.23 Å². The Hall–Kier alpha value is -1.07. The zero-order valence-corrected chi connectivity index (χ0v) is 17.2. The van der Waals surface area contributed by atoms with Gasteiger partial charge in [0.1, 0.15) is 0 Å². The Bertz CT molecular complexity index is 568. The Kier molecular flexibility index (Phi) is 5.41. The molecule has 2 aromatic rings. The molecule has 0 saturated heterocycles. The molecule has 0 heterocycles. The van der Waals surface area contributed by atoms with Crippen LogP contribution >= 0.6 is 0 Å². The van der Waals surface area contributed by atoms with Crippen molar-refractivity contribution in [3.8, 4) is 0 Å². The second kappa shape index (κ2) is 6.81. The van der Waals surface area contributed by atoms with E-state index < -0.39 is 25.5 Å². The third-order valence-corrected chi connectivity index (χ3v) is 11.8. The van der Waals surface area contributed by atoms with E-state index in [9.17, 15) is 0 Å². The van der Waals surface area contributed by atoms with Crippen molar-refractivity contribution in [1.82, 2.24) is 0 Å². The number of hydrogen-bond donors (Lipinski definition) is 2. The number of nitrogens with two attached hydrogens (primary N) is 2. The Morgan fingerprint density at radius 1 is 0.609 bits per heavy atom. The molecule has 0 unspecified atom stereocenters. The van der Waals surface area contributed by atoms with Gasteiger partial charge in [-0.2, -0.15) is 0 Å². The zero-order valence-electron chi connectivity index (χ0n) is 14.2. The van der Waals surface area contributed by atoms with Gasteiger partial charge in [-0.15, -0.1) is 0 Å². The Morgan fingerprint density at radius 2 is 0.913 bits per heavy atom. The second-order valence-electron chi connectivity index (χ2n) is 6.76. The Balaban J connectivity index is 2.68. The van der Waals surface area contributed by atoms with Gasteiger partial charge >= 0.3 is 8.56 Å². The van der Waals surface area contributed by atoms with Crippen LogP contribution in [0, 0.1) is 0 Å². The molecule has 0 aliphatic rings. The lowest BCUT2D eigenvalue weighted by Crippen LogP contribution is -2.73. The molecular formula is C16H26N2O2Si3. The number of benzene rings is 2. The summed E-state index contributed by atoms with van der Waals surface area (Å²) in [5.74, 6) is 0. The van der Waals surface area contributed by atoms with Crippen molar-refractivity contribution in [2.45, 2.75) is 26.2 Å². The molecule has 0 spiro atoms. The predicted octanol–water partition coefficient (Wildman–Crippen LogP) is 1.60. The topological polar surface area (TPSA) is 70.5 Å². The number of rotatable bonds is 6. The molecule has 0 aliphatic heterocycles. The van der Waals surface area contributed by atoms with Gasteiger partial charge in [-0.25, -0.2) is 0 Å². The molecule has 0 atom stereocenters. The summed E-state index contributed by atoms with van der Waals surface area (Å²) in [5.41, 5.74) is 0. The van der Waals surface area contributed by atoms with E-state index in [0.717, 1.165) is 10.4 Å². The first-order valence-corrected chi connectivity index (χ1v) is 15.5. The van der Waals surface area contributed by atoms with Crippen LogP contribution in [-0.4, -0.2) is 25.5 Å². The monoisotopic (exact) mass is 362 g/mol. The van der Waals surface area contributed by atoms with Crippen LogP contribution in [0.1, 0.15) is 0 Å². The van der Waals surface area contributed by atoms with Crippen molar-refractivity contribution in [1.29, 1.82) is 0 Å². The van der Waals surface area contributed by atoms with E-state index >= 15 is 0 Å². The lowest BCUT2D eigenvalue weighted by atomic mass is 10.4. The third-order valence-electron chi connectivity index (χ3n) is 3.12. The molecule has 0 amide bonds. The summed E-state index contributed by atoms with van der Waals surface area (Å²) in [5, 5.41) is 14.8. The summed E-state index contributed by atoms with van der Waals surface area (Å²) in [6.45, 7) is 7.92. The van der Waals surface area contributed by atoms with Crippen LogP contribution in [0.3, 0.4) is 0 Å². The van der Waals surface area contributed by atoms with E-state index in [1.54, 1.807) is 0 Å². The molecular weight excluding hydrogens is 336 g/mol. The maximum absolute atomic E-state index is 6.56. The van der Waals surface area contributed by atoms with E-state index in [1.165, 1.54) is 0 Å². The summed E-state index contributed by atoms with van der Waals surface area (Å²) in [4.78, 5) is 0. The molecule has 4 nitrogen and oxygen atoms in total. The molecule has 0 saturated carbocycles. The van der Waals surface area contributed by atoms with Crippen LogP contribution in [0.15, 0.2) is 60.7 Å². The molecule has 4 N–H and O–H groups in total. The summed E-state index contributed by atoms with van der Waals surface area (Å²) in [6, 6.07) is 20.2. The average Bonchev–Trinajstić information content (AvgIpc) is 2.45. The van der Waals surface area contributed by atoms with E-state index in [-0.39, 0.29) is 0 Å². The minimum Gasteiger partial charge on any atom is -0.417 e. The average molecular weight is 363 g/mol. The van der Waals surface area contributed by atoms with Crippen molar-refractivity contribution in [3.63, 3.8) is 0 Å². The van der Waals surface area contributed by atoms with Crippen LogP contribution in [0.25, 0.3) is 0 Å². The first-order valence-electron chi connectivity index (χ1n) is 7.72. The fraction of sp³-hybridized carbons (Fsp3) is 0.250. The molecule has 0 fully saturated rings. The van der Waals surface area contributed by atoms with Crippen LogP contribution in [0.4, 0.5) is 0 Å². The highest BCUT2D eigenvalue weighted by Crippen LogP contribution is 2.17. The molecule has 2 rings (SSSR count). The Labute approximate surface area is 142 Å². The van der Waals surface area contributed by atoms with Gasteiger partial charge in [0.2, 0.25) is 0 Å². The highest BCUT2D eigenvalue weighted by Gasteiger charge is 2.49. The van der Waals surface area contributed by atoms with Gasteiger partial charge < -0.3 is 19.0 Å². The van der Waals surface area contributed by atoms with Crippen molar-refractivity contribution >= 4 is 35.9 Å². The predicted molar refractivity (Wildman–Crippen MR) is 103 cm³/mol. The van der Waals surface area contributed by atoms with Crippen molar-refractivity contribution in [2.24, 2.45) is 10.8 Å². The molecule has 0 radical (unpaired) electrons.